The van der Waals surface area contributed by atoms with Crippen LogP contribution in [0.4, 0.5) is 0 Å². The van der Waals surface area contributed by atoms with Gasteiger partial charge < -0.3 is 14.6 Å². The van der Waals surface area contributed by atoms with E-state index in [9.17, 15) is 4.79 Å². The second-order valence-corrected chi connectivity index (χ2v) is 5.33. The zero-order valence-corrected chi connectivity index (χ0v) is 12.7. The van der Waals surface area contributed by atoms with Gasteiger partial charge in [0.15, 0.2) is 0 Å². The highest BCUT2D eigenvalue weighted by Crippen LogP contribution is 2.38. The fourth-order valence-corrected chi connectivity index (χ4v) is 2.35. The van der Waals surface area contributed by atoms with E-state index in [1.54, 1.807) is 12.1 Å². The lowest BCUT2D eigenvalue weighted by Crippen LogP contribution is -2.27. The summed E-state index contributed by atoms with van der Waals surface area (Å²) in [6, 6.07) is 3.43. The van der Waals surface area contributed by atoms with Crippen LogP contribution < -0.4 is 10.1 Å². The summed E-state index contributed by atoms with van der Waals surface area (Å²) in [6.45, 7) is 3.77. The molecule has 22 heavy (non-hydrogen) atoms. The Hall–Kier alpha value is -2.37. The van der Waals surface area contributed by atoms with Gasteiger partial charge in [-0.3, -0.25) is 4.79 Å². The predicted molar refractivity (Wildman–Crippen MR) is 81.9 cm³/mol. The first-order valence-corrected chi connectivity index (χ1v) is 7.66. The van der Waals surface area contributed by atoms with Gasteiger partial charge >= 0.3 is 0 Å². The molecule has 0 bridgehead atoms. The summed E-state index contributed by atoms with van der Waals surface area (Å²) in [6.07, 6.45) is 7.78. The van der Waals surface area contributed by atoms with E-state index in [0.717, 1.165) is 12.4 Å². The fourth-order valence-electron chi connectivity index (χ4n) is 2.35. The number of carbonyl (C=O) groups is 1. The predicted octanol–water partition coefficient (Wildman–Crippen LogP) is 1.98. The van der Waals surface area contributed by atoms with Crippen molar-refractivity contribution >= 4 is 5.91 Å². The third kappa shape index (κ3) is 3.44. The van der Waals surface area contributed by atoms with Gasteiger partial charge in [0, 0.05) is 43.7 Å². The topological polar surface area (TPSA) is 69.0 Å². The van der Waals surface area contributed by atoms with Gasteiger partial charge in [-0.25, -0.2) is 9.97 Å². The van der Waals surface area contributed by atoms with Gasteiger partial charge in [-0.1, -0.05) is 0 Å². The van der Waals surface area contributed by atoms with Crippen molar-refractivity contribution in [1.29, 1.82) is 0 Å². The molecule has 2 heterocycles. The number of aromatic nitrogens is 3. The lowest BCUT2D eigenvalue weighted by molar-refractivity contribution is 0.0951. The van der Waals surface area contributed by atoms with E-state index in [1.807, 2.05) is 19.3 Å². The normalized spacial score (nSPS) is 13.9. The Labute approximate surface area is 129 Å². The fraction of sp³-hybridized carbons (Fsp3) is 0.438. The van der Waals surface area contributed by atoms with Crippen LogP contribution in [0.3, 0.4) is 0 Å². The summed E-state index contributed by atoms with van der Waals surface area (Å²) >= 11 is 0. The average Bonchev–Trinajstić information content (AvgIpc) is 3.27. The average molecular weight is 300 g/mol. The number of nitrogens with one attached hydrogen (secondary N) is 1. The number of rotatable bonds is 7. The van der Waals surface area contributed by atoms with E-state index in [-0.39, 0.29) is 5.91 Å². The molecule has 0 atom stereocenters. The maximum atomic E-state index is 12.1. The highest BCUT2D eigenvalue weighted by Gasteiger charge is 2.27. The van der Waals surface area contributed by atoms with Crippen LogP contribution in [-0.4, -0.2) is 33.6 Å². The second kappa shape index (κ2) is 6.60. The molecular weight excluding hydrogens is 280 g/mol. The molecule has 1 aliphatic carbocycles. The molecule has 2 aromatic heterocycles. The smallest absolute Gasteiger partial charge is 0.252 e. The maximum absolute atomic E-state index is 12.1. The minimum absolute atomic E-state index is 0.122. The molecule has 0 radical (unpaired) electrons. The zero-order valence-electron chi connectivity index (χ0n) is 12.7. The Morgan fingerprint density at radius 3 is 2.95 bits per heavy atom. The van der Waals surface area contributed by atoms with Crippen LogP contribution >= 0.6 is 0 Å². The Kier molecular flexibility index (Phi) is 4.37. The van der Waals surface area contributed by atoms with Gasteiger partial charge in [0.25, 0.3) is 5.91 Å². The lowest BCUT2D eigenvalue weighted by atomic mass is 10.2. The molecule has 1 fully saturated rings. The largest absolute Gasteiger partial charge is 0.478 e. The van der Waals surface area contributed by atoms with E-state index in [2.05, 4.69) is 19.9 Å². The van der Waals surface area contributed by atoms with Crippen LogP contribution in [0.5, 0.6) is 5.88 Å². The van der Waals surface area contributed by atoms with Gasteiger partial charge in [-0.2, -0.15) is 0 Å². The highest BCUT2D eigenvalue weighted by atomic mass is 16.5. The molecular formula is C16H20N4O2. The summed E-state index contributed by atoms with van der Waals surface area (Å²) in [4.78, 5) is 20.5. The maximum Gasteiger partial charge on any atom is 0.252 e. The Morgan fingerprint density at radius 2 is 2.27 bits per heavy atom. The van der Waals surface area contributed by atoms with Crippen molar-refractivity contribution in [2.45, 2.75) is 32.2 Å². The number of pyridine rings is 1. The van der Waals surface area contributed by atoms with Crippen molar-refractivity contribution in [3.8, 4) is 5.88 Å². The molecule has 6 heteroatoms. The van der Waals surface area contributed by atoms with Crippen LogP contribution in [0.25, 0.3) is 0 Å². The zero-order chi connectivity index (χ0) is 15.4. The minimum Gasteiger partial charge on any atom is -0.478 e. The second-order valence-electron chi connectivity index (χ2n) is 5.33. The van der Waals surface area contributed by atoms with E-state index in [0.29, 0.717) is 30.5 Å². The van der Waals surface area contributed by atoms with Crippen molar-refractivity contribution in [2.24, 2.45) is 0 Å². The first-order valence-electron chi connectivity index (χ1n) is 7.66. The SMILES string of the molecule is CCOc1ccc(C(=O)NCCn2ccnc2C2CC2)cn1. The summed E-state index contributed by atoms with van der Waals surface area (Å²) < 4.78 is 7.38. The van der Waals surface area contributed by atoms with Crippen LogP contribution in [0.15, 0.2) is 30.7 Å². The number of nitrogens with zero attached hydrogens (tertiary/aromatic N) is 3. The molecule has 0 saturated heterocycles. The van der Waals surface area contributed by atoms with Crippen molar-refractivity contribution in [3.63, 3.8) is 0 Å². The highest BCUT2D eigenvalue weighted by molar-refractivity contribution is 5.93. The number of imidazole rings is 1. The number of carbonyl (C=O) groups excluding carboxylic acids is 1. The Bertz CT molecular complexity index is 632. The van der Waals surface area contributed by atoms with Crippen molar-refractivity contribution < 1.29 is 9.53 Å². The van der Waals surface area contributed by atoms with Gasteiger partial charge in [0.1, 0.15) is 5.82 Å². The van der Waals surface area contributed by atoms with Gasteiger partial charge in [0.2, 0.25) is 5.88 Å². The van der Waals surface area contributed by atoms with Crippen molar-refractivity contribution in [1.82, 2.24) is 19.9 Å². The summed E-state index contributed by atoms with van der Waals surface area (Å²) in [5.41, 5.74) is 0.538. The lowest BCUT2D eigenvalue weighted by Gasteiger charge is -2.09. The van der Waals surface area contributed by atoms with Gasteiger partial charge in [-0.15, -0.1) is 0 Å². The van der Waals surface area contributed by atoms with E-state index in [4.69, 9.17) is 4.74 Å². The van der Waals surface area contributed by atoms with Gasteiger partial charge in [-0.05, 0) is 25.8 Å². The van der Waals surface area contributed by atoms with Crippen molar-refractivity contribution in [3.05, 3.63) is 42.1 Å². The van der Waals surface area contributed by atoms with E-state index in [1.165, 1.54) is 19.0 Å². The van der Waals surface area contributed by atoms with Crippen molar-refractivity contribution in [2.75, 3.05) is 13.2 Å². The van der Waals surface area contributed by atoms with Crippen LogP contribution in [0.1, 0.15) is 41.9 Å². The van der Waals surface area contributed by atoms with E-state index < -0.39 is 0 Å². The van der Waals surface area contributed by atoms with Crippen LogP contribution in [-0.2, 0) is 6.54 Å². The molecule has 1 saturated carbocycles. The van der Waals surface area contributed by atoms with Crippen LogP contribution in [0, 0.1) is 0 Å². The minimum atomic E-state index is -0.122. The van der Waals surface area contributed by atoms with Crippen LogP contribution in [0.2, 0.25) is 0 Å². The monoisotopic (exact) mass is 300 g/mol. The molecule has 3 rings (SSSR count). The Morgan fingerprint density at radius 1 is 1.41 bits per heavy atom. The number of amides is 1. The summed E-state index contributed by atoms with van der Waals surface area (Å²) in [7, 11) is 0. The molecule has 2 aromatic rings. The summed E-state index contributed by atoms with van der Waals surface area (Å²) in [5.74, 6) is 2.16. The molecule has 0 aliphatic heterocycles. The molecule has 0 spiro atoms. The first kappa shape index (κ1) is 14.6. The first-order chi connectivity index (χ1) is 10.8. The third-order valence-corrected chi connectivity index (χ3v) is 3.62. The third-order valence-electron chi connectivity index (χ3n) is 3.62. The number of ether oxygens (including phenoxy) is 1. The standard InChI is InChI=1S/C16H20N4O2/c1-2-22-14-6-5-13(11-19-14)16(21)18-8-10-20-9-7-17-15(20)12-3-4-12/h5-7,9,11-12H,2-4,8,10H2,1H3,(H,18,21). The molecule has 1 aliphatic rings. The van der Waals surface area contributed by atoms with Gasteiger partial charge in [0.05, 0.1) is 12.2 Å². The molecule has 6 nitrogen and oxygen atoms in total. The molecule has 1 amide bonds. The molecule has 0 aromatic carbocycles. The summed E-state index contributed by atoms with van der Waals surface area (Å²) in [5, 5.41) is 2.91. The van der Waals surface area contributed by atoms with E-state index >= 15 is 0 Å². The molecule has 116 valence electrons. The molecule has 0 unspecified atom stereocenters. The number of hydrogen-bond acceptors (Lipinski definition) is 4. The number of hydrogen-bond donors (Lipinski definition) is 1. The molecule has 1 N–H and O–H groups in total. The quantitative estimate of drug-likeness (QED) is 0.849. The Balaban J connectivity index is 1.50.